The van der Waals surface area contributed by atoms with Crippen molar-refractivity contribution in [2.24, 2.45) is 0 Å². The molecule has 0 bridgehead atoms. The fourth-order valence-electron chi connectivity index (χ4n) is 1.32. The van der Waals surface area contributed by atoms with E-state index in [1.807, 2.05) is 39.8 Å². The minimum atomic E-state index is -0.512. The summed E-state index contributed by atoms with van der Waals surface area (Å²) in [5.74, 6) is 0.621. The van der Waals surface area contributed by atoms with Gasteiger partial charge in [0.25, 0.3) is 0 Å². The maximum atomic E-state index is 11.6. The molecule has 17 heavy (non-hydrogen) atoms. The quantitative estimate of drug-likeness (QED) is 0.858. The van der Waals surface area contributed by atoms with Crippen molar-refractivity contribution < 1.29 is 14.3 Å². The first-order chi connectivity index (χ1) is 7.81. The Labute approximate surface area is 102 Å². The molecule has 1 aromatic rings. The molecule has 1 aromatic carbocycles. The summed E-state index contributed by atoms with van der Waals surface area (Å²) in [7, 11) is 1.56. The van der Waals surface area contributed by atoms with E-state index in [-0.39, 0.29) is 0 Å². The standard InChI is InChI=1S/C13H19NO3/c1-9-6-7-10(11(8-9)16-5)14-12(15)17-13(2,3)4/h6-8H,1-5H3,(H,14,15). The van der Waals surface area contributed by atoms with E-state index in [4.69, 9.17) is 9.47 Å². The zero-order chi connectivity index (χ0) is 13.1. The number of aryl methyl sites for hydroxylation is 1. The first-order valence-electron chi connectivity index (χ1n) is 5.46. The van der Waals surface area contributed by atoms with Crippen molar-refractivity contribution in [3.05, 3.63) is 23.8 Å². The van der Waals surface area contributed by atoms with E-state index in [1.54, 1.807) is 13.2 Å². The van der Waals surface area contributed by atoms with E-state index in [0.29, 0.717) is 11.4 Å². The van der Waals surface area contributed by atoms with Crippen molar-refractivity contribution in [2.45, 2.75) is 33.3 Å². The van der Waals surface area contributed by atoms with Crippen LogP contribution in [0.5, 0.6) is 5.75 Å². The van der Waals surface area contributed by atoms with E-state index in [0.717, 1.165) is 5.56 Å². The Hall–Kier alpha value is -1.71. The highest BCUT2D eigenvalue weighted by Crippen LogP contribution is 2.25. The van der Waals surface area contributed by atoms with Crippen LogP contribution in [0.3, 0.4) is 0 Å². The molecule has 1 rings (SSSR count). The predicted octanol–water partition coefficient (Wildman–Crippen LogP) is 3.35. The lowest BCUT2D eigenvalue weighted by Crippen LogP contribution is -2.27. The van der Waals surface area contributed by atoms with Gasteiger partial charge in [0, 0.05) is 0 Å². The van der Waals surface area contributed by atoms with Gasteiger partial charge in [0.15, 0.2) is 0 Å². The van der Waals surface area contributed by atoms with Crippen molar-refractivity contribution in [1.29, 1.82) is 0 Å². The van der Waals surface area contributed by atoms with Crippen LogP contribution in [0.4, 0.5) is 10.5 Å². The van der Waals surface area contributed by atoms with Gasteiger partial charge in [-0.15, -0.1) is 0 Å². The number of nitrogens with one attached hydrogen (secondary N) is 1. The molecule has 1 N–H and O–H groups in total. The van der Waals surface area contributed by atoms with Crippen molar-refractivity contribution in [3.8, 4) is 5.75 Å². The summed E-state index contributed by atoms with van der Waals surface area (Å²) in [5, 5.41) is 2.66. The SMILES string of the molecule is COc1cc(C)ccc1NC(=O)OC(C)(C)C. The smallest absolute Gasteiger partial charge is 0.412 e. The van der Waals surface area contributed by atoms with E-state index < -0.39 is 11.7 Å². The molecule has 0 unspecified atom stereocenters. The number of carbonyl (C=O) groups is 1. The number of carbonyl (C=O) groups excluding carboxylic acids is 1. The van der Waals surface area contributed by atoms with Crippen LogP contribution in [0.2, 0.25) is 0 Å². The van der Waals surface area contributed by atoms with Gasteiger partial charge in [0.05, 0.1) is 12.8 Å². The van der Waals surface area contributed by atoms with Crippen LogP contribution in [0, 0.1) is 6.92 Å². The van der Waals surface area contributed by atoms with E-state index in [2.05, 4.69) is 5.32 Å². The summed E-state index contributed by atoms with van der Waals surface area (Å²) in [5.41, 5.74) is 1.16. The maximum absolute atomic E-state index is 11.6. The molecule has 0 spiro atoms. The Balaban J connectivity index is 2.78. The van der Waals surface area contributed by atoms with Crippen LogP contribution >= 0.6 is 0 Å². The van der Waals surface area contributed by atoms with Crippen molar-refractivity contribution in [2.75, 3.05) is 12.4 Å². The van der Waals surface area contributed by atoms with Gasteiger partial charge in [-0.2, -0.15) is 0 Å². The van der Waals surface area contributed by atoms with Crippen LogP contribution in [0.25, 0.3) is 0 Å². The Bertz CT molecular complexity index is 408. The zero-order valence-electron chi connectivity index (χ0n) is 11.0. The zero-order valence-corrected chi connectivity index (χ0v) is 11.0. The van der Waals surface area contributed by atoms with Crippen LogP contribution in [-0.4, -0.2) is 18.8 Å². The molecule has 0 fully saturated rings. The number of benzene rings is 1. The van der Waals surface area contributed by atoms with Crippen LogP contribution in [-0.2, 0) is 4.74 Å². The Kier molecular flexibility index (Phi) is 3.99. The molecule has 0 heterocycles. The largest absolute Gasteiger partial charge is 0.495 e. The first-order valence-corrected chi connectivity index (χ1v) is 5.46. The molecule has 4 heteroatoms. The molecule has 1 amide bonds. The molecule has 0 aromatic heterocycles. The third-order valence-corrected chi connectivity index (χ3v) is 1.99. The van der Waals surface area contributed by atoms with Crippen LogP contribution < -0.4 is 10.1 Å². The van der Waals surface area contributed by atoms with E-state index in [1.165, 1.54) is 0 Å². The number of ether oxygens (including phenoxy) is 2. The monoisotopic (exact) mass is 237 g/mol. The van der Waals surface area contributed by atoms with Crippen molar-refractivity contribution in [3.63, 3.8) is 0 Å². The van der Waals surface area contributed by atoms with Crippen LogP contribution in [0.1, 0.15) is 26.3 Å². The summed E-state index contributed by atoms with van der Waals surface area (Å²) >= 11 is 0. The first kappa shape index (κ1) is 13.4. The molecule has 94 valence electrons. The molecule has 0 aliphatic carbocycles. The number of anilines is 1. The van der Waals surface area contributed by atoms with Crippen molar-refractivity contribution in [1.82, 2.24) is 0 Å². The second kappa shape index (κ2) is 5.08. The molecule has 0 radical (unpaired) electrons. The summed E-state index contributed by atoms with van der Waals surface area (Å²) in [4.78, 5) is 11.6. The maximum Gasteiger partial charge on any atom is 0.412 e. The number of methoxy groups -OCH3 is 1. The number of amides is 1. The van der Waals surface area contributed by atoms with Gasteiger partial charge in [-0.1, -0.05) is 6.07 Å². The number of hydrogen-bond donors (Lipinski definition) is 1. The second-order valence-corrected chi connectivity index (χ2v) is 4.83. The molecular formula is C13H19NO3. The summed E-state index contributed by atoms with van der Waals surface area (Å²) in [6.07, 6.45) is -0.486. The Morgan fingerprint density at radius 2 is 1.94 bits per heavy atom. The number of rotatable bonds is 2. The average Bonchev–Trinajstić information content (AvgIpc) is 2.17. The lowest BCUT2D eigenvalue weighted by Gasteiger charge is -2.20. The molecular weight excluding hydrogens is 218 g/mol. The van der Waals surface area contributed by atoms with Gasteiger partial charge in [0.1, 0.15) is 11.4 Å². The molecule has 0 saturated heterocycles. The highest BCUT2D eigenvalue weighted by atomic mass is 16.6. The minimum absolute atomic E-state index is 0.486. The highest BCUT2D eigenvalue weighted by Gasteiger charge is 2.17. The summed E-state index contributed by atoms with van der Waals surface area (Å²) in [6.45, 7) is 7.41. The van der Waals surface area contributed by atoms with Gasteiger partial charge in [0.2, 0.25) is 0 Å². The van der Waals surface area contributed by atoms with Gasteiger partial charge in [-0.25, -0.2) is 4.79 Å². The molecule has 0 aliphatic rings. The number of hydrogen-bond acceptors (Lipinski definition) is 3. The summed E-state index contributed by atoms with van der Waals surface area (Å²) < 4.78 is 10.4. The van der Waals surface area contributed by atoms with E-state index in [9.17, 15) is 4.79 Å². The van der Waals surface area contributed by atoms with Gasteiger partial charge in [-0.05, 0) is 45.4 Å². The fourth-order valence-corrected chi connectivity index (χ4v) is 1.32. The van der Waals surface area contributed by atoms with E-state index >= 15 is 0 Å². The Morgan fingerprint density at radius 1 is 1.29 bits per heavy atom. The Morgan fingerprint density at radius 3 is 2.47 bits per heavy atom. The molecule has 4 nitrogen and oxygen atoms in total. The molecule has 0 saturated carbocycles. The predicted molar refractivity (Wildman–Crippen MR) is 67.6 cm³/mol. The average molecular weight is 237 g/mol. The lowest BCUT2D eigenvalue weighted by atomic mass is 10.2. The topological polar surface area (TPSA) is 47.6 Å². The van der Waals surface area contributed by atoms with Gasteiger partial charge < -0.3 is 9.47 Å². The van der Waals surface area contributed by atoms with Crippen LogP contribution in [0.15, 0.2) is 18.2 Å². The summed E-state index contributed by atoms with van der Waals surface area (Å²) in [6, 6.07) is 5.54. The van der Waals surface area contributed by atoms with Gasteiger partial charge >= 0.3 is 6.09 Å². The third kappa shape index (κ3) is 4.34. The normalized spacial score (nSPS) is 10.9. The molecule has 0 atom stereocenters. The molecule has 0 aliphatic heterocycles. The minimum Gasteiger partial charge on any atom is -0.495 e. The second-order valence-electron chi connectivity index (χ2n) is 4.83. The van der Waals surface area contributed by atoms with Crippen molar-refractivity contribution >= 4 is 11.8 Å². The lowest BCUT2D eigenvalue weighted by molar-refractivity contribution is 0.0635. The van der Waals surface area contributed by atoms with Gasteiger partial charge in [-0.3, -0.25) is 5.32 Å². The fraction of sp³-hybridized carbons (Fsp3) is 0.462. The third-order valence-electron chi connectivity index (χ3n) is 1.99. The highest BCUT2D eigenvalue weighted by molar-refractivity contribution is 5.87.